The van der Waals surface area contributed by atoms with Gasteiger partial charge in [-0.3, -0.25) is 0 Å². The lowest BCUT2D eigenvalue weighted by molar-refractivity contribution is 0.0503. The smallest absolute Gasteiger partial charge is 0.0594 e. The lowest BCUT2D eigenvalue weighted by Crippen LogP contribution is -2.32. The number of hydrogen-bond donors (Lipinski definition) is 0. The zero-order chi connectivity index (χ0) is 9.36. The number of ether oxygens (including phenoxy) is 2. The molecule has 84 valence electrons. The van der Waals surface area contributed by atoms with E-state index in [-0.39, 0.29) is 16.8 Å². The van der Waals surface area contributed by atoms with Crippen LogP contribution in [0.5, 0.6) is 0 Å². The van der Waals surface area contributed by atoms with Crippen molar-refractivity contribution in [3.05, 3.63) is 0 Å². The van der Waals surface area contributed by atoms with Crippen LogP contribution in [-0.2, 0) is 9.47 Å². The monoisotopic (exact) mass is 227 g/mol. The van der Waals surface area contributed by atoms with Crippen molar-refractivity contribution in [1.82, 2.24) is 4.90 Å². The van der Waals surface area contributed by atoms with Gasteiger partial charge in [-0.1, -0.05) is 0 Å². The summed E-state index contributed by atoms with van der Waals surface area (Å²) in [6.07, 6.45) is 0. The molecule has 2 aliphatic heterocycles. The fourth-order valence-corrected chi connectivity index (χ4v) is 1.77. The van der Waals surface area contributed by atoms with E-state index in [1.807, 2.05) is 11.8 Å². The van der Waals surface area contributed by atoms with Crippen molar-refractivity contribution in [3.8, 4) is 0 Å². The Bertz CT molecular complexity index is 111. The van der Waals surface area contributed by atoms with E-state index in [1.54, 1.807) is 0 Å². The molecule has 3 nitrogen and oxygen atoms in total. The maximum atomic E-state index is 5.10. The molecule has 0 aromatic heterocycles. The molecule has 0 bridgehead atoms. The fraction of sp³-hybridized carbons (Fsp3) is 1.00. The number of thioether (sulfide) groups is 1. The summed E-state index contributed by atoms with van der Waals surface area (Å²) in [6, 6.07) is 0. The minimum Gasteiger partial charge on any atom is -0.380 e. The number of nitrogens with zero attached hydrogens (tertiary/aromatic N) is 1. The Morgan fingerprint density at radius 1 is 0.867 bits per heavy atom. The van der Waals surface area contributed by atoms with Gasteiger partial charge in [0.1, 0.15) is 0 Å². The topological polar surface area (TPSA) is 21.7 Å². The minimum absolute atomic E-state index is 0. The molecule has 0 atom stereocenters. The SMILES string of the molecule is C1CSCCO1.CN1CCOCC1.[B].[B]. The molecule has 15 heavy (non-hydrogen) atoms. The van der Waals surface area contributed by atoms with Gasteiger partial charge >= 0.3 is 0 Å². The highest BCUT2D eigenvalue weighted by atomic mass is 32.2. The van der Waals surface area contributed by atoms with Gasteiger partial charge in [0, 0.05) is 41.4 Å². The van der Waals surface area contributed by atoms with Gasteiger partial charge in [-0.05, 0) is 7.05 Å². The standard InChI is InChI=1S/C5H11NO.C4H8OS.2B/c1-6-2-4-7-5-3-6;1-3-6-4-2-5-1;;/h2-5H2,1H3;1-4H2;;. The van der Waals surface area contributed by atoms with Crippen molar-refractivity contribution < 1.29 is 9.47 Å². The molecule has 2 heterocycles. The van der Waals surface area contributed by atoms with E-state index in [0.29, 0.717) is 0 Å². The van der Waals surface area contributed by atoms with Gasteiger partial charge in [0.25, 0.3) is 0 Å². The summed E-state index contributed by atoms with van der Waals surface area (Å²) in [7, 11) is 2.11. The number of morpholine rings is 1. The van der Waals surface area contributed by atoms with Crippen LogP contribution in [0.25, 0.3) is 0 Å². The van der Waals surface area contributed by atoms with Crippen LogP contribution in [0.2, 0.25) is 0 Å². The summed E-state index contributed by atoms with van der Waals surface area (Å²) in [5.74, 6) is 2.39. The fourth-order valence-electron chi connectivity index (χ4n) is 1.09. The molecule has 0 saturated carbocycles. The van der Waals surface area contributed by atoms with E-state index < -0.39 is 0 Å². The molecule has 0 aromatic carbocycles. The molecule has 2 saturated heterocycles. The van der Waals surface area contributed by atoms with Gasteiger partial charge < -0.3 is 14.4 Å². The minimum atomic E-state index is 0. The van der Waals surface area contributed by atoms with Crippen molar-refractivity contribution in [1.29, 1.82) is 0 Å². The first-order valence-corrected chi connectivity index (χ1v) is 5.97. The first kappa shape index (κ1) is 17.7. The molecule has 0 unspecified atom stereocenters. The zero-order valence-corrected chi connectivity index (χ0v) is 10.3. The van der Waals surface area contributed by atoms with Crippen molar-refractivity contribution >= 4 is 28.6 Å². The Kier molecular flexibility index (Phi) is 14.7. The van der Waals surface area contributed by atoms with Gasteiger partial charge in [-0.25, -0.2) is 0 Å². The van der Waals surface area contributed by atoms with Crippen LogP contribution in [0.1, 0.15) is 0 Å². The lowest BCUT2D eigenvalue weighted by Gasteiger charge is -2.21. The van der Waals surface area contributed by atoms with Crippen LogP contribution in [0.15, 0.2) is 0 Å². The van der Waals surface area contributed by atoms with Crippen LogP contribution in [0.4, 0.5) is 0 Å². The average molecular weight is 227 g/mol. The highest BCUT2D eigenvalue weighted by Gasteiger charge is 2.02. The predicted octanol–water partition coefficient (Wildman–Crippen LogP) is -0.0634. The number of likely N-dealkylation sites (N-methyl/N-ethyl adjacent to an activating group) is 1. The highest BCUT2D eigenvalue weighted by Crippen LogP contribution is 2.03. The normalized spacial score (nSPS) is 21.4. The van der Waals surface area contributed by atoms with Crippen LogP contribution >= 0.6 is 11.8 Å². The molecule has 6 radical (unpaired) electrons. The Balaban J connectivity index is 0. The van der Waals surface area contributed by atoms with Gasteiger partial charge in [0.2, 0.25) is 0 Å². The number of rotatable bonds is 0. The summed E-state index contributed by atoms with van der Waals surface area (Å²) < 4.78 is 10.1. The van der Waals surface area contributed by atoms with E-state index in [4.69, 9.17) is 9.47 Å². The van der Waals surface area contributed by atoms with Crippen LogP contribution in [0.3, 0.4) is 0 Å². The van der Waals surface area contributed by atoms with Crippen LogP contribution in [0, 0.1) is 0 Å². The second-order valence-corrected chi connectivity index (χ2v) is 4.37. The van der Waals surface area contributed by atoms with Crippen molar-refractivity contribution in [2.24, 2.45) is 0 Å². The molecule has 2 aliphatic rings. The average Bonchev–Trinajstić information content (AvgIpc) is 2.22. The molecule has 0 aromatic rings. The second kappa shape index (κ2) is 12.4. The van der Waals surface area contributed by atoms with Crippen molar-refractivity contribution in [2.75, 3.05) is 58.1 Å². The maximum absolute atomic E-state index is 5.10. The molecule has 0 spiro atoms. The third-order valence-electron chi connectivity index (χ3n) is 1.98. The van der Waals surface area contributed by atoms with E-state index in [1.165, 1.54) is 11.5 Å². The van der Waals surface area contributed by atoms with E-state index in [9.17, 15) is 0 Å². The van der Waals surface area contributed by atoms with Crippen LogP contribution in [-0.4, -0.2) is 79.8 Å². The molecule has 0 N–H and O–H groups in total. The Hall–Kier alpha value is 0.360. The first-order chi connectivity index (χ1) is 6.39. The Morgan fingerprint density at radius 3 is 1.53 bits per heavy atom. The summed E-state index contributed by atoms with van der Waals surface area (Å²) in [6.45, 7) is 5.95. The summed E-state index contributed by atoms with van der Waals surface area (Å²) in [4.78, 5) is 2.27. The van der Waals surface area contributed by atoms with Crippen molar-refractivity contribution in [3.63, 3.8) is 0 Å². The van der Waals surface area contributed by atoms with Gasteiger partial charge in [-0.2, -0.15) is 11.8 Å². The Labute approximate surface area is 101 Å². The van der Waals surface area contributed by atoms with Gasteiger partial charge in [-0.15, -0.1) is 0 Å². The van der Waals surface area contributed by atoms with Crippen LogP contribution < -0.4 is 0 Å². The number of hydrogen-bond acceptors (Lipinski definition) is 4. The van der Waals surface area contributed by atoms with E-state index in [0.717, 1.165) is 39.5 Å². The quantitative estimate of drug-likeness (QED) is 0.540. The Morgan fingerprint density at radius 2 is 1.33 bits per heavy atom. The largest absolute Gasteiger partial charge is 0.380 e. The summed E-state index contributed by atoms with van der Waals surface area (Å²) in [5, 5.41) is 0. The van der Waals surface area contributed by atoms with Gasteiger partial charge in [0.05, 0.1) is 26.4 Å². The molecule has 2 rings (SSSR count). The predicted molar refractivity (Wildman–Crippen MR) is 68.0 cm³/mol. The first-order valence-electron chi connectivity index (χ1n) is 4.81. The molecule has 6 heteroatoms. The molecule has 0 amide bonds. The summed E-state index contributed by atoms with van der Waals surface area (Å²) >= 11 is 1.97. The third kappa shape index (κ3) is 10.6. The maximum Gasteiger partial charge on any atom is 0.0594 e. The third-order valence-corrected chi connectivity index (χ3v) is 2.89. The summed E-state index contributed by atoms with van der Waals surface area (Å²) in [5.41, 5.74) is 0. The molecular formula is C9H19B2NO2S. The highest BCUT2D eigenvalue weighted by molar-refractivity contribution is 7.99. The molecular weight excluding hydrogens is 208 g/mol. The van der Waals surface area contributed by atoms with Crippen molar-refractivity contribution in [2.45, 2.75) is 0 Å². The zero-order valence-electron chi connectivity index (χ0n) is 9.48. The van der Waals surface area contributed by atoms with E-state index >= 15 is 0 Å². The molecule has 0 aliphatic carbocycles. The van der Waals surface area contributed by atoms with E-state index in [2.05, 4.69) is 11.9 Å². The lowest BCUT2D eigenvalue weighted by atomic mass is 10.5. The van der Waals surface area contributed by atoms with Gasteiger partial charge in [0.15, 0.2) is 0 Å². The second-order valence-electron chi connectivity index (χ2n) is 3.14. The molecule has 2 fully saturated rings.